The van der Waals surface area contributed by atoms with Crippen molar-refractivity contribution in [3.8, 4) is 0 Å². The summed E-state index contributed by atoms with van der Waals surface area (Å²) in [5.41, 5.74) is 0. The van der Waals surface area contributed by atoms with Crippen LogP contribution in [0.4, 0.5) is 0 Å². The standard InChI is InChI=1S/C40H61NO12Si/c1-40(2,3)54(36-10-6-4-7-11-36,37-12-8-5-9-13-37)53-35-34-52-33-32-51-31-30-50-29-28-49-27-26-48-25-24-47-23-22-46-21-20-45-19-18-44-17-16-41-38(42)14-15-39(41)43/h4-15H,16-35H2,1-3H3. The monoisotopic (exact) mass is 775 g/mol. The summed E-state index contributed by atoms with van der Waals surface area (Å²) in [7, 11) is -2.55. The minimum atomic E-state index is -2.55. The van der Waals surface area contributed by atoms with Crippen molar-refractivity contribution < 1.29 is 56.6 Å². The lowest BCUT2D eigenvalue weighted by atomic mass is 10.2. The molecule has 2 aromatic rings. The van der Waals surface area contributed by atoms with Crippen molar-refractivity contribution in [3.63, 3.8) is 0 Å². The van der Waals surface area contributed by atoms with E-state index >= 15 is 0 Å². The topological polar surface area (TPSA) is 130 Å². The maximum atomic E-state index is 11.4. The number of benzene rings is 2. The van der Waals surface area contributed by atoms with Crippen molar-refractivity contribution in [2.75, 3.05) is 132 Å². The molecule has 0 N–H and O–H groups in total. The quantitative estimate of drug-likeness (QED) is 0.0601. The number of amides is 2. The Morgan fingerprint density at radius 2 is 0.704 bits per heavy atom. The Morgan fingerprint density at radius 3 is 1.00 bits per heavy atom. The number of hydrogen-bond acceptors (Lipinski definition) is 12. The number of rotatable bonds is 33. The van der Waals surface area contributed by atoms with Crippen LogP contribution in [-0.2, 0) is 56.6 Å². The molecule has 0 radical (unpaired) electrons. The zero-order valence-corrected chi connectivity index (χ0v) is 33.4. The van der Waals surface area contributed by atoms with Crippen molar-refractivity contribution in [3.05, 3.63) is 72.8 Å². The van der Waals surface area contributed by atoms with Gasteiger partial charge in [0.15, 0.2) is 0 Å². The van der Waals surface area contributed by atoms with Gasteiger partial charge in [0.05, 0.1) is 132 Å². The second kappa shape index (κ2) is 27.7. The minimum Gasteiger partial charge on any atom is -0.405 e. The summed E-state index contributed by atoms with van der Waals surface area (Å²) in [6, 6.07) is 21.2. The van der Waals surface area contributed by atoms with Crippen molar-refractivity contribution in [2.24, 2.45) is 0 Å². The zero-order valence-electron chi connectivity index (χ0n) is 32.4. The highest BCUT2D eigenvalue weighted by atomic mass is 28.4. The molecule has 2 amide bonds. The minimum absolute atomic E-state index is 0.0628. The second-order valence-electron chi connectivity index (χ2n) is 13.2. The molecule has 14 heteroatoms. The van der Waals surface area contributed by atoms with Gasteiger partial charge in [-0.3, -0.25) is 14.5 Å². The van der Waals surface area contributed by atoms with E-state index in [9.17, 15) is 9.59 Å². The molecular weight excluding hydrogens is 715 g/mol. The molecule has 302 valence electrons. The number of carbonyl (C=O) groups is 2. The summed E-state index contributed by atoms with van der Waals surface area (Å²) in [4.78, 5) is 24.0. The van der Waals surface area contributed by atoms with Gasteiger partial charge in [-0.1, -0.05) is 81.4 Å². The van der Waals surface area contributed by atoms with Crippen LogP contribution in [0.5, 0.6) is 0 Å². The van der Waals surface area contributed by atoms with Crippen LogP contribution in [0.3, 0.4) is 0 Å². The first-order valence-corrected chi connectivity index (χ1v) is 20.8. The Bertz CT molecular complexity index is 1240. The van der Waals surface area contributed by atoms with Crippen LogP contribution in [0, 0.1) is 0 Å². The molecule has 0 aromatic heterocycles. The van der Waals surface area contributed by atoms with Gasteiger partial charge in [0.1, 0.15) is 0 Å². The van der Waals surface area contributed by atoms with Gasteiger partial charge in [-0.15, -0.1) is 0 Å². The van der Waals surface area contributed by atoms with Crippen molar-refractivity contribution in [1.29, 1.82) is 0 Å². The molecule has 0 bridgehead atoms. The van der Waals surface area contributed by atoms with Gasteiger partial charge in [0.2, 0.25) is 0 Å². The van der Waals surface area contributed by atoms with Gasteiger partial charge >= 0.3 is 0 Å². The average molecular weight is 776 g/mol. The fourth-order valence-electron chi connectivity index (χ4n) is 5.68. The highest BCUT2D eigenvalue weighted by Gasteiger charge is 2.50. The number of hydrogen-bond donors (Lipinski definition) is 0. The molecule has 13 nitrogen and oxygen atoms in total. The lowest BCUT2D eigenvalue weighted by Crippen LogP contribution is -2.66. The first-order chi connectivity index (χ1) is 26.4. The lowest BCUT2D eigenvalue weighted by molar-refractivity contribution is -0.137. The van der Waals surface area contributed by atoms with Crippen LogP contribution in [0.25, 0.3) is 0 Å². The van der Waals surface area contributed by atoms with E-state index in [4.69, 9.17) is 47.1 Å². The van der Waals surface area contributed by atoms with Gasteiger partial charge in [-0.2, -0.15) is 0 Å². The number of carbonyl (C=O) groups excluding carboxylic acids is 2. The van der Waals surface area contributed by atoms with E-state index in [0.717, 1.165) is 4.90 Å². The van der Waals surface area contributed by atoms with Crippen molar-refractivity contribution in [1.82, 2.24) is 4.90 Å². The van der Waals surface area contributed by atoms with Gasteiger partial charge in [-0.25, -0.2) is 0 Å². The van der Waals surface area contributed by atoms with E-state index in [0.29, 0.717) is 119 Å². The molecule has 1 heterocycles. The molecular formula is C40H61NO12Si. The number of nitrogens with zero attached hydrogens (tertiary/aromatic N) is 1. The SMILES string of the molecule is CC(C)(C)[Si](OCCOCCOCCOCCOCCOCCOCCOCCOCCOCCN1C(=O)C=CC1=O)(c1ccccc1)c1ccccc1. The zero-order chi connectivity index (χ0) is 38.6. The third-order valence-corrected chi connectivity index (χ3v) is 13.3. The largest absolute Gasteiger partial charge is 0.405 e. The fraction of sp³-hybridized carbons (Fsp3) is 0.600. The smallest absolute Gasteiger partial charge is 0.261 e. The fourth-order valence-corrected chi connectivity index (χ4v) is 10.2. The number of ether oxygens (including phenoxy) is 9. The Labute approximate surface area is 322 Å². The molecule has 0 aliphatic carbocycles. The van der Waals surface area contributed by atoms with Crippen LogP contribution in [0.15, 0.2) is 72.8 Å². The van der Waals surface area contributed by atoms with E-state index in [2.05, 4.69) is 69.3 Å². The first-order valence-electron chi connectivity index (χ1n) is 18.8. The summed E-state index contributed by atoms with van der Waals surface area (Å²) >= 11 is 0. The summed E-state index contributed by atoms with van der Waals surface area (Å²) in [5, 5.41) is 2.46. The molecule has 0 saturated carbocycles. The van der Waals surface area contributed by atoms with Crippen LogP contribution >= 0.6 is 0 Å². The molecule has 0 spiro atoms. The molecule has 0 saturated heterocycles. The van der Waals surface area contributed by atoms with E-state index in [1.807, 2.05) is 12.1 Å². The maximum absolute atomic E-state index is 11.4. The highest BCUT2D eigenvalue weighted by Crippen LogP contribution is 2.36. The molecule has 2 aromatic carbocycles. The summed E-state index contributed by atoms with van der Waals surface area (Å²) in [6.45, 7) is 15.8. The van der Waals surface area contributed by atoms with E-state index in [1.54, 1.807) is 0 Å². The van der Waals surface area contributed by atoms with Gasteiger partial charge in [-0.05, 0) is 15.4 Å². The predicted molar refractivity (Wildman–Crippen MR) is 207 cm³/mol. The first kappa shape index (κ1) is 45.5. The molecule has 1 aliphatic heterocycles. The third-order valence-electron chi connectivity index (χ3n) is 8.30. The van der Waals surface area contributed by atoms with E-state index in [1.165, 1.54) is 22.5 Å². The second-order valence-corrected chi connectivity index (χ2v) is 17.5. The summed E-state index contributed by atoms with van der Waals surface area (Å²) in [5.74, 6) is -0.612. The summed E-state index contributed by atoms with van der Waals surface area (Å²) < 4.78 is 56.7. The van der Waals surface area contributed by atoms with Gasteiger partial charge < -0.3 is 47.1 Å². The van der Waals surface area contributed by atoms with Gasteiger partial charge in [0, 0.05) is 12.2 Å². The number of imide groups is 1. The van der Waals surface area contributed by atoms with Crippen LogP contribution in [0.2, 0.25) is 5.04 Å². The maximum Gasteiger partial charge on any atom is 0.261 e. The van der Waals surface area contributed by atoms with E-state index in [-0.39, 0.29) is 30.0 Å². The molecule has 1 aliphatic rings. The van der Waals surface area contributed by atoms with Crippen molar-refractivity contribution >= 4 is 30.5 Å². The Hall–Kier alpha value is -2.86. The highest BCUT2D eigenvalue weighted by molar-refractivity contribution is 6.99. The van der Waals surface area contributed by atoms with E-state index < -0.39 is 8.32 Å². The molecule has 54 heavy (non-hydrogen) atoms. The lowest BCUT2D eigenvalue weighted by Gasteiger charge is -2.43. The average Bonchev–Trinajstić information content (AvgIpc) is 3.49. The third kappa shape index (κ3) is 17.3. The molecule has 0 unspecified atom stereocenters. The molecule has 0 fully saturated rings. The van der Waals surface area contributed by atoms with Crippen molar-refractivity contribution in [2.45, 2.75) is 25.8 Å². The van der Waals surface area contributed by atoms with Crippen LogP contribution in [0.1, 0.15) is 20.8 Å². The Kier molecular flexibility index (Phi) is 23.3. The van der Waals surface area contributed by atoms with Gasteiger partial charge in [0.25, 0.3) is 20.1 Å². The Morgan fingerprint density at radius 1 is 0.426 bits per heavy atom. The molecule has 3 rings (SSSR count). The summed E-state index contributed by atoms with van der Waals surface area (Å²) in [6.07, 6.45) is 2.52. The van der Waals surface area contributed by atoms with Crippen LogP contribution < -0.4 is 10.4 Å². The molecule has 0 atom stereocenters. The van der Waals surface area contributed by atoms with Crippen LogP contribution in [-0.4, -0.2) is 157 Å². The Balaban J connectivity index is 1.03. The predicted octanol–water partition coefficient (Wildman–Crippen LogP) is 2.64. The normalized spacial score (nSPS) is 13.4.